The highest BCUT2D eigenvalue weighted by molar-refractivity contribution is 7.84. The number of ether oxygens (including phenoxy) is 5. The molecule has 4 heterocycles. The van der Waals surface area contributed by atoms with E-state index in [4.69, 9.17) is 33.6 Å². The van der Waals surface area contributed by atoms with Crippen LogP contribution >= 0.6 is 0 Å². The molecule has 4 aliphatic rings. The molecule has 168 valence electrons. The van der Waals surface area contributed by atoms with Crippen molar-refractivity contribution in [3.8, 4) is 0 Å². The number of hydrogen-bond donors (Lipinski definition) is 1. The lowest BCUT2D eigenvalue weighted by molar-refractivity contribution is -0.290. The van der Waals surface area contributed by atoms with E-state index in [-0.39, 0.29) is 24.9 Å². The monoisotopic (exact) mass is 436 g/mol. The summed E-state index contributed by atoms with van der Waals surface area (Å²) in [5.74, 6) is -3.19. The van der Waals surface area contributed by atoms with E-state index in [1.54, 1.807) is 13.8 Å². The molecule has 4 rings (SSSR count). The number of fused-ring (bicyclic) bond motifs is 3. The highest BCUT2D eigenvalue weighted by atomic mass is 32.2. The predicted octanol–water partition coefficient (Wildman–Crippen LogP) is 0.459. The number of nitrogens with zero attached hydrogens (tertiary/aromatic N) is 1. The standard InChI is InChI=1S/C18H32N2O8S/c1-15(2)25-12-10-23-18(14(13(12)26-15)27-16(3,4)28-18)11-24-29(21,22)20-8-6-17(5,19)7-9-20/h12-14H,6-11,19H2,1-5H3/t12-,13-,14+,18+/m1/s1. The second-order valence-electron chi connectivity index (χ2n) is 9.57. The summed E-state index contributed by atoms with van der Waals surface area (Å²) < 4.78 is 62.2. The van der Waals surface area contributed by atoms with E-state index >= 15 is 0 Å². The van der Waals surface area contributed by atoms with Gasteiger partial charge < -0.3 is 29.4 Å². The Labute approximate surface area is 172 Å². The Bertz CT molecular complexity index is 745. The Morgan fingerprint density at radius 3 is 2.34 bits per heavy atom. The second kappa shape index (κ2) is 6.81. The Balaban J connectivity index is 1.49. The summed E-state index contributed by atoms with van der Waals surface area (Å²) in [6, 6.07) is 0. The summed E-state index contributed by atoms with van der Waals surface area (Å²) in [5, 5.41) is 0. The lowest BCUT2D eigenvalue weighted by Gasteiger charge is -2.41. The third kappa shape index (κ3) is 4.21. The zero-order chi connectivity index (χ0) is 21.3. The van der Waals surface area contributed by atoms with Crippen molar-refractivity contribution in [2.75, 3.05) is 26.3 Å². The maximum atomic E-state index is 12.8. The Morgan fingerprint density at radius 1 is 1.03 bits per heavy atom. The van der Waals surface area contributed by atoms with Gasteiger partial charge in [0.05, 0.1) is 6.61 Å². The summed E-state index contributed by atoms with van der Waals surface area (Å²) in [6.45, 7) is 9.50. The Morgan fingerprint density at radius 2 is 1.69 bits per heavy atom. The summed E-state index contributed by atoms with van der Waals surface area (Å²) in [5.41, 5.74) is 5.74. The van der Waals surface area contributed by atoms with Crippen LogP contribution in [0.2, 0.25) is 0 Å². The summed E-state index contributed by atoms with van der Waals surface area (Å²) >= 11 is 0. The molecule has 0 radical (unpaired) electrons. The van der Waals surface area contributed by atoms with Crippen LogP contribution in [0.3, 0.4) is 0 Å². The van der Waals surface area contributed by atoms with Gasteiger partial charge >= 0.3 is 10.3 Å². The lowest BCUT2D eigenvalue weighted by atomic mass is 9.92. The fraction of sp³-hybridized carbons (Fsp3) is 1.00. The topological polar surface area (TPSA) is 119 Å². The summed E-state index contributed by atoms with van der Waals surface area (Å²) in [7, 11) is -3.97. The summed E-state index contributed by atoms with van der Waals surface area (Å²) in [6.07, 6.45) is -0.351. The van der Waals surface area contributed by atoms with Gasteiger partial charge in [0.1, 0.15) is 24.9 Å². The maximum Gasteiger partial charge on any atom is 0.338 e. The molecular formula is C18H32N2O8S. The van der Waals surface area contributed by atoms with Crippen LogP contribution in [0.5, 0.6) is 0 Å². The molecule has 29 heavy (non-hydrogen) atoms. The quantitative estimate of drug-likeness (QED) is 0.670. The molecule has 2 N–H and O–H groups in total. The van der Waals surface area contributed by atoms with E-state index in [0.29, 0.717) is 25.9 Å². The predicted molar refractivity (Wildman–Crippen MR) is 101 cm³/mol. The van der Waals surface area contributed by atoms with Gasteiger partial charge in [0, 0.05) is 18.6 Å². The van der Waals surface area contributed by atoms with Crippen LogP contribution in [0.4, 0.5) is 0 Å². The zero-order valence-corrected chi connectivity index (χ0v) is 18.5. The molecule has 0 aromatic rings. The molecule has 0 bridgehead atoms. The molecule has 4 saturated heterocycles. The SMILES string of the molecule is CC1(N)CCN(S(=O)(=O)OC[C@@]23OC[C@H]4OC(C)(C)O[C@H]4[C@@H]2OC(C)(C)O3)CC1. The van der Waals surface area contributed by atoms with Gasteiger partial charge in [0.25, 0.3) is 0 Å². The van der Waals surface area contributed by atoms with Gasteiger partial charge in [0.15, 0.2) is 11.6 Å². The molecular weight excluding hydrogens is 404 g/mol. The highest BCUT2D eigenvalue weighted by Crippen LogP contribution is 2.47. The molecule has 0 amide bonds. The van der Waals surface area contributed by atoms with E-state index < -0.39 is 39.9 Å². The number of rotatable bonds is 4. The van der Waals surface area contributed by atoms with Crippen molar-refractivity contribution in [3.05, 3.63) is 0 Å². The number of piperidine rings is 1. The minimum absolute atomic E-state index is 0.183. The average Bonchev–Trinajstić information content (AvgIpc) is 3.04. The Kier molecular flexibility index (Phi) is 5.13. The van der Waals surface area contributed by atoms with Crippen molar-refractivity contribution in [2.45, 2.75) is 88.7 Å². The van der Waals surface area contributed by atoms with E-state index in [2.05, 4.69) is 0 Å². The van der Waals surface area contributed by atoms with Crippen LogP contribution in [0.15, 0.2) is 0 Å². The second-order valence-corrected chi connectivity index (χ2v) is 11.2. The van der Waals surface area contributed by atoms with Crippen LogP contribution in [-0.2, 0) is 38.2 Å². The van der Waals surface area contributed by atoms with Gasteiger partial charge in [-0.1, -0.05) is 0 Å². The van der Waals surface area contributed by atoms with Gasteiger partial charge in [-0.15, -0.1) is 0 Å². The van der Waals surface area contributed by atoms with Gasteiger partial charge in [0.2, 0.25) is 5.79 Å². The first kappa shape index (κ1) is 21.8. The van der Waals surface area contributed by atoms with E-state index in [0.717, 1.165) is 0 Å². The van der Waals surface area contributed by atoms with Crippen molar-refractivity contribution < 1.29 is 36.3 Å². The van der Waals surface area contributed by atoms with Crippen LogP contribution < -0.4 is 5.73 Å². The van der Waals surface area contributed by atoms with Crippen molar-refractivity contribution >= 4 is 10.3 Å². The van der Waals surface area contributed by atoms with Gasteiger partial charge in [-0.25, -0.2) is 0 Å². The highest BCUT2D eigenvalue weighted by Gasteiger charge is 2.66. The zero-order valence-electron chi connectivity index (χ0n) is 17.7. The summed E-state index contributed by atoms with van der Waals surface area (Å²) in [4.78, 5) is 0. The molecule has 4 fully saturated rings. The van der Waals surface area contributed by atoms with Gasteiger partial charge in [-0.3, -0.25) is 4.18 Å². The fourth-order valence-electron chi connectivity index (χ4n) is 4.40. The first-order valence-corrected chi connectivity index (χ1v) is 11.4. The van der Waals surface area contributed by atoms with Crippen LogP contribution in [-0.4, -0.2) is 80.2 Å². The molecule has 0 saturated carbocycles. The largest absolute Gasteiger partial charge is 0.343 e. The van der Waals surface area contributed by atoms with Crippen LogP contribution in [0.25, 0.3) is 0 Å². The number of nitrogens with two attached hydrogens (primary N) is 1. The molecule has 10 nitrogen and oxygen atoms in total. The van der Waals surface area contributed by atoms with Crippen molar-refractivity contribution in [1.82, 2.24) is 4.31 Å². The van der Waals surface area contributed by atoms with E-state index in [9.17, 15) is 8.42 Å². The van der Waals surface area contributed by atoms with Crippen molar-refractivity contribution in [2.24, 2.45) is 5.73 Å². The molecule has 11 heteroatoms. The molecule has 0 aliphatic carbocycles. The van der Waals surface area contributed by atoms with Crippen molar-refractivity contribution in [1.29, 1.82) is 0 Å². The molecule has 0 unspecified atom stereocenters. The minimum atomic E-state index is -3.97. The smallest absolute Gasteiger partial charge is 0.338 e. The number of hydrogen-bond acceptors (Lipinski definition) is 9. The van der Waals surface area contributed by atoms with E-state index in [1.807, 2.05) is 20.8 Å². The van der Waals surface area contributed by atoms with Crippen LogP contribution in [0, 0.1) is 0 Å². The third-order valence-electron chi connectivity index (χ3n) is 5.86. The molecule has 0 aromatic carbocycles. The Hall–Kier alpha value is -0.370. The molecule has 0 aromatic heterocycles. The minimum Gasteiger partial charge on any atom is -0.343 e. The van der Waals surface area contributed by atoms with Gasteiger partial charge in [-0.2, -0.15) is 12.7 Å². The first-order valence-electron chi connectivity index (χ1n) is 10.0. The fourth-order valence-corrected chi connectivity index (χ4v) is 5.49. The third-order valence-corrected chi connectivity index (χ3v) is 7.28. The van der Waals surface area contributed by atoms with E-state index in [1.165, 1.54) is 4.31 Å². The van der Waals surface area contributed by atoms with Gasteiger partial charge in [-0.05, 0) is 47.5 Å². The van der Waals surface area contributed by atoms with Crippen molar-refractivity contribution in [3.63, 3.8) is 0 Å². The van der Waals surface area contributed by atoms with Crippen LogP contribution in [0.1, 0.15) is 47.5 Å². The average molecular weight is 437 g/mol. The molecule has 4 aliphatic heterocycles. The molecule has 0 spiro atoms. The first-order chi connectivity index (χ1) is 13.2. The molecule has 4 atom stereocenters. The lowest BCUT2D eigenvalue weighted by Crippen LogP contribution is -2.61. The maximum absolute atomic E-state index is 12.8. The normalized spacial score (nSPS) is 41.1.